The average Bonchev–Trinajstić information content (AvgIpc) is 2.39. The molecule has 0 radical (unpaired) electrons. The minimum absolute atomic E-state index is 0.152. The van der Waals surface area contributed by atoms with Crippen LogP contribution in [-0.4, -0.2) is 57.2 Å². The molecule has 3 unspecified atom stereocenters. The molecule has 1 amide bonds. The highest BCUT2D eigenvalue weighted by Gasteiger charge is 2.29. The Morgan fingerprint density at radius 2 is 2.16 bits per heavy atom. The fourth-order valence-electron chi connectivity index (χ4n) is 2.53. The molecule has 3 atom stereocenters. The smallest absolute Gasteiger partial charge is 0.223 e. The summed E-state index contributed by atoms with van der Waals surface area (Å²) in [6.45, 7) is 5.32. The molecule has 0 aromatic rings. The second kappa shape index (κ2) is 8.51. The van der Waals surface area contributed by atoms with Crippen LogP contribution in [0.5, 0.6) is 0 Å². The van der Waals surface area contributed by atoms with E-state index in [0.29, 0.717) is 12.5 Å². The van der Waals surface area contributed by atoms with E-state index in [1.807, 2.05) is 7.05 Å². The minimum Gasteiger partial charge on any atom is -0.383 e. The number of hydrogen-bond donors (Lipinski definition) is 2. The summed E-state index contributed by atoms with van der Waals surface area (Å²) < 4.78 is 5.02. The van der Waals surface area contributed by atoms with E-state index in [-0.39, 0.29) is 17.9 Å². The van der Waals surface area contributed by atoms with Crippen molar-refractivity contribution in [1.29, 1.82) is 0 Å². The zero-order valence-corrected chi connectivity index (χ0v) is 12.5. The molecule has 0 aliphatic heterocycles. The van der Waals surface area contributed by atoms with Crippen LogP contribution in [0.2, 0.25) is 0 Å². The number of nitrogens with zero attached hydrogens (tertiary/aromatic N) is 1. The SMILES string of the molecule is COCCN(C)CCNC(=O)C1CCC(N)C(C)C1. The Bertz CT molecular complexity index is 273. The molecule has 0 saturated heterocycles. The number of rotatable bonds is 7. The van der Waals surface area contributed by atoms with Gasteiger partial charge in [0.15, 0.2) is 0 Å². The van der Waals surface area contributed by atoms with Gasteiger partial charge in [-0.1, -0.05) is 6.92 Å². The van der Waals surface area contributed by atoms with Crippen molar-refractivity contribution < 1.29 is 9.53 Å². The molecule has 1 aliphatic carbocycles. The van der Waals surface area contributed by atoms with E-state index >= 15 is 0 Å². The topological polar surface area (TPSA) is 67.6 Å². The molecule has 0 aromatic carbocycles. The van der Waals surface area contributed by atoms with E-state index in [2.05, 4.69) is 17.1 Å². The van der Waals surface area contributed by atoms with Crippen molar-refractivity contribution in [2.75, 3.05) is 40.4 Å². The lowest BCUT2D eigenvalue weighted by Gasteiger charge is -2.31. The van der Waals surface area contributed by atoms with Gasteiger partial charge in [-0.15, -0.1) is 0 Å². The third-order valence-electron chi connectivity index (χ3n) is 4.08. The van der Waals surface area contributed by atoms with Gasteiger partial charge in [-0.3, -0.25) is 4.79 Å². The van der Waals surface area contributed by atoms with E-state index in [4.69, 9.17) is 10.5 Å². The highest BCUT2D eigenvalue weighted by molar-refractivity contribution is 5.78. The number of ether oxygens (including phenoxy) is 1. The van der Waals surface area contributed by atoms with E-state index in [1.54, 1.807) is 7.11 Å². The van der Waals surface area contributed by atoms with Crippen molar-refractivity contribution in [3.63, 3.8) is 0 Å². The summed E-state index contributed by atoms with van der Waals surface area (Å²) in [6.07, 6.45) is 2.82. The van der Waals surface area contributed by atoms with Crippen molar-refractivity contribution in [2.24, 2.45) is 17.6 Å². The largest absolute Gasteiger partial charge is 0.383 e. The van der Waals surface area contributed by atoms with Crippen LogP contribution in [0.4, 0.5) is 0 Å². The van der Waals surface area contributed by atoms with Crippen LogP contribution in [0.15, 0.2) is 0 Å². The maximum Gasteiger partial charge on any atom is 0.223 e. The van der Waals surface area contributed by atoms with Crippen molar-refractivity contribution in [3.8, 4) is 0 Å². The lowest BCUT2D eigenvalue weighted by molar-refractivity contribution is -0.126. The average molecular weight is 271 g/mol. The quantitative estimate of drug-likeness (QED) is 0.705. The van der Waals surface area contributed by atoms with Gasteiger partial charge >= 0.3 is 0 Å². The molecule has 1 rings (SSSR count). The maximum absolute atomic E-state index is 12.1. The van der Waals surface area contributed by atoms with Gasteiger partial charge < -0.3 is 20.7 Å². The Balaban J connectivity index is 2.17. The monoisotopic (exact) mass is 271 g/mol. The molecule has 5 heteroatoms. The second-order valence-electron chi connectivity index (χ2n) is 5.74. The van der Waals surface area contributed by atoms with Gasteiger partial charge in [0.25, 0.3) is 0 Å². The zero-order chi connectivity index (χ0) is 14.3. The van der Waals surface area contributed by atoms with E-state index < -0.39 is 0 Å². The number of nitrogens with two attached hydrogens (primary N) is 1. The highest BCUT2D eigenvalue weighted by atomic mass is 16.5. The molecule has 1 saturated carbocycles. The van der Waals surface area contributed by atoms with Gasteiger partial charge in [0, 0.05) is 38.7 Å². The van der Waals surface area contributed by atoms with E-state index in [0.717, 1.165) is 39.0 Å². The van der Waals surface area contributed by atoms with Crippen LogP contribution in [0.25, 0.3) is 0 Å². The number of nitrogens with one attached hydrogen (secondary N) is 1. The first kappa shape index (κ1) is 16.4. The third kappa shape index (κ3) is 5.89. The Morgan fingerprint density at radius 3 is 2.79 bits per heavy atom. The molecule has 1 aliphatic rings. The Hall–Kier alpha value is -0.650. The van der Waals surface area contributed by atoms with Gasteiger partial charge in [-0.25, -0.2) is 0 Å². The molecule has 3 N–H and O–H groups in total. The van der Waals surface area contributed by atoms with E-state index in [9.17, 15) is 4.79 Å². The van der Waals surface area contributed by atoms with E-state index in [1.165, 1.54) is 0 Å². The van der Waals surface area contributed by atoms with Crippen LogP contribution in [0.1, 0.15) is 26.2 Å². The van der Waals surface area contributed by atoms with Crippen LogP contribution < -0.4 is 11.1 Å². The normalized spacial score (nSPS) is 27.5. The number of likely N-dealkylation sites (N-methyl/N-ethyl adjacent to an activating group) is 1. The summed E-state index contributed by atoms with van der Waals surface area (Å²) in [7, 11) is 3.73. The number of carbonyl (C=O) groups excluding carboxylic acids is 1. The maximum atomic E-state index is 12.1. The lowest BCUT2D eigenvalue weighted by Crippen LogP contribution is -2.42. The van der Waals surface area contributed by atoms with Crippen molar-refractivity contribution >= 4 is 5.91 Å². The number of carbonyl (C=O) groups is 1. The standard InChI is InChI=1S/C14H29N3O2/c1-11-10-12(4-5-13(11)15)14(18)16-6-7-17(2)8-9-19-3/h11-13H,4-10,15H2,1-3H3,(H,16,18). The number of hydrogen-bond acceptors (Lipinski definition) is 4. The lowest BCUT2D eigenvalue weighted by atomic mass is 9.79. The summed E-state index contributed by atoms with van der Waals surface area (Å²) >= 11 is 0. The summed E-state index contributed by atoms with van der Waals surface area (Å²) in [5, 5.41) is 3.03. The molecular weight excluding hydrogens is 242 g/mol. The van der Waals surface area contributed by atoms with Gasteiger partial charge in [0.1, 0.15) is 0 Å². The molecule has 0 spiro atoms. The second-order valence-corrected chi connectivity index (χ2v) is 5.74. The summed E-state index contributed by atoms with van der Waals surface area (Å²) in [5.41, 5.74) is 5.98. The fourth-order valence-corrected chi connectivity index (χ4v) is 2.53. The summed E-state index contributed by atoms with van der Waals surface area (Å²) in [6, 6.07) is 0.268. The minimum atomic E-state index is 0.152. The van der Waals surface area contributed by atoms with Crippen LogP contribution in [-0.2, 0) is 9.53 Å². The molecule has 0 bridgehead atoms. The molecule has 19 heavy (non-hydrogen) atoms. The highest BCUT2D eigenvalue weighted by Crippen LogP contribution is 2.27. The van der Waals surface area contributed by atoms with Crippen LogP contribution >= 0.6 is 0 Å². The first-order chi connectivity index (χ1) is 9.04. The first-order valence-corrected chi connectivity index (χ1v) is 7.25. The molecular formula is C14H29N3O2. The molecule has 5 nitrogen and oxygen atoms in total. The molecule has 0 heterocycles. The van der Waals surface area contributed by atoms with Crippen molar-refractivity contribution in [1.82, 2.24) is 10.2 Å². The molecule has 112 valence electrons. The number of methoxy groups -OCH3 is 1. The third-order valence-corrected chi connectivity index (χ3v) is 4.08. The Labute approximate surface area is 116 Å². The van der Waals surface area contributed by atoms with Crippen LogP contribution in [0, 0.1) is 11.8 Å². The van der Waals surface area contributed by atoms with Gasteiger partial charge in [0.2, 0.25) is 5.91 Å². The number of amides is 1. The Kier molecular flexibility index (Phi) is 7.34. The van der Waals surface area contributed by atoms with Crippen LogP contribution in [0.3, 0.4) is 0 Å². The fraction of sp³-hybridized carbons (Fsp3) is 0.929. The van der Waals surface area contributed by atoms with Crippen molar-refractivity contribution in [3.05, 3.63) is 0 Å². The van der Waals surface area contributed by atoms with Crippen molar-refractivity contribution in [2.45, 2.75) is 32.2 Å². The molecule has 0 aromatic heterocycles. The summed E-state index contributed by atoms with van der Waals surface area (Å²) in [4.78, 5) is 14.2. The van der Waals surface area contributed by atoms with Gasteiger partial charge in [0.05, 0.1) is 6.61 Å². The Morgan fingerprint density at radius 1 is 1.42 bits per heavy atom. The first-order valence-electron chi connectivity index (χ1n) is 7.25. The van der Waals surface area contributed by atoms with Gasteiger partial charge in [-0.2, -0.15) is 0 Å². The predicted octanol–water partition coefficient (Wildman–Crippen LogP) is 0.444. The predicted molar refractivity (Wildman–Crippen MR) is 76.9 cm³/mol. The molecule has 1 fully saturated rings. The van der Waals surface area contributed by atoms with Gasteiger partial charge in [-0.05, 0) is 32.2 Å². The zero-order valence-electron chi connectivity index (χ0n) is 12.5. The summed E-state index contributed by atoms with van der Waals surface area (Å²) in [5.74, 6) is 0.798.